The number of rotatable bonds is 6. The molecule has 0 saturated carbocycles. The molecule has 2 fully saturated rings. The molecule has 2 heterocycles. The highest BCUT2D eigenvalue weighted by molar-refractivity contribution is 5.80. The highest BCUT2D eigenvalue weighted by Crippen LogP contribution is 2.20. The fourth-order valence-electron chi connectivity index (χ4n) is 4.59. The molecule has 0 spiro atoms. The van der Waals surface area contributed by atoms with Gasteiger partial charge in [0.15, 0.2) is 5.96 Å². The van der Waals surface area contributed by atoms with Crippen LogP contribution in [0.1, 0.15) is 58.1 Å². The molecule has 7 heteroatoms. The quantitative estimate of drug-likeness (QED) is 0.519. The van der Waals surface area contributed by atoms with E-state index in [-0.39, 0.29) is 6.04 Å². The molecular weight excluding hydrogens is 402 g/mol. The molecule has 0 aromatic heterocycles. The number of carbonyl (C=O) groups is 1. The van der Waals surface area contributed by atoms with E-state index in [1.165, 1.54) is 45.3 Å². The highest BCUT2D eigenvalue weighted by atomic mass is 16.6. The van der Waals surface area contributed by atoms with Crippen LogP contribution in [-0.2, 0) is 4.74 Å². The lowest BCUT2D eigenvalue weighted by Crippen LogP contribution is -2.45. The molecule has 1 aromatic rings. The molecule has 0 radical (unpaired) electrons. The number of nitrogens with one attached hydrogen (secondary N) is 2. The summed E-state index contributed by atoms with van der Waals surface area (Å²) in [6, 6.07) is 9.79. The standard InChI is InChI=1S/C25H41N5O2/c1-25(2,3)32-24(31)28-22(21-11-7-5-8-12-21)17-27-23(26-4)30-16-13-20(19-30)18-29-14-9-6-10-15-29/h5,7-8,11-12,20,22H,6,9-10,13-19H2,1-4H3,(H,26,27)(H,28,31). The number of amides is 1. The van der Waals surface area contributed by atoms with Gasteiger partial charge in [-0.1, -0.05) is 36.8 Å². The van der Waals surface area contributed by atoms with Crippen molar-refractivity contribution >= 4 is 12.1 Å². The number of aliphatic imine (C=N–C) groups is 1. The maximum absolute atomic E-state index is 12.4. The summed E-state index contributed by atoms with van der Waals surface area (Å²) in [4.78, 5) is 21.9. The zero-order valence-corrected chi connectivity index (χ0v) is 20.3. The number of nitrogens with zero attached hydrogens (tertiary/aromatic N) is 3. The Hall–Kier alpha value is -2.28. The van der Waals surface area contributed by atoms with Gasteiger partial charge in [-0.2, -0.15) is 0 Å². The van der Waals surface area contributed by atoms with Gasteiger partial charge in [0.1, 0.15) is 5.60 Å². The average Bonchev–Trinajstić information content (AvgIpc) is 3.21. The van der Waals surface area contributed by atoms with Gasteiger partial charge in [0.2, 0.25) is 0 Å². The largest absolute Gasteiger partial charge is 0.444 e. The van der Waals surface area contributed by atoms with Crippen LogP contribution in [0.5, 0.6) is 0 Å². The molecule has 1 aromatic carbocycles. The van der Waals surface area contributed by atoms with Crippen LogP contribution >= 0.6 is 0 Å². The zero-order valence-electron chi connectivity index (χ0n) is 20.3. The van der Waals surface area contributed by atoms with Gasteiger partial charge in [-0.05, 0) is 64.6 Å². The first-order valence-electron chi connectivity index (χ1n) is 12.1. The van der Waals surface area contributed by atoms with Crippen LogP contribution in [0.15, 0.2) is 35.3 Å². The Kier molecular flexibility index (Phi) is 8.79. The lowest BCUT2D eigenvalue weighted by molar-refractivity contribution is 0.0504. The van der Waals surface area contributed by atoms with Crippen LogP contribution in [0.25, 0.3) is 0 Å². The third-order valence-corrected chi connectivity index (χ3v) is 6.12. The minimum Gasteiger partial charge on any atom is -0.444 e. The summed E-state index contributed by atoms with van der Waals surface area (Å²) in [6.45, 7) is 11.9. The fourth-order valence-corrected chi connectivity index (χ4v) is 4.59. The molecule has 0 bridgehead atoms. The maximum atomic E-state index is 12.4. The van der Waals surface area contributed by atoms with Crippen molar-refractivity contribution in [1.29, 1.82) is 0 Å². The van der Waals surface area contributed by atoms with Gasteiger partial charge < -0.3 is 25.2 Å². The summed E-state index contributed by atoms with van der Waals surface area (Å²) >= 11 is 0. The number of piperidine rings is 1. The third-order valence-electron chi connectivity index (χ3n) is 6.12. The Morgan fingerprint density at radius 2 is 1.88 bits per heavy atom. The zero-order chi connectivity index (χ0) is 23.0. The van der Waals surface area contributed by atoms with Gasteiger partial charge in [-0.15, -0.1) is 0 Å². The van der Waals surface area contributed by atoms with Crippen LogP contribution in [0.3, 0.4) is 0 Å². The van der Waals surface area contributed by atoms with E-state index < -0.39 is 11.7 Å². The minimum absolute atomic E-state index is 0.213. The molecule has 1 amide bonds. The van der Waals surface area contributed by atoms with Gasteiger partial charge in [0, 0.05) is 33.2 Å². The maximum Gasteiger partial charge on any atom is 0.408 e. The molecule has 2 N–H and O–H groups in total. The van der Waals surface area contributed by atoms with Crippen molar-refractivity contribution in [3.8, 4) is 0 Å². The molecule has 2 aliphatic heterocycles. The van der Waals surface area contributed by atoms with Gasteiger partial charge in [0.25, 0.3) is 0 Å². The van der Waals surface area contributed by atoms with Crippen LogP contribution < -0.4 is 10.6 Å². The van der Waals surface area contributed by atoms with E-state index >= 15 is 0 Å². The molecule has 178 valence electrons. The van der Waals surface area contributed by atoms with Gasteiger partial charge in [0.05, 0.1) is 6.04 Å². The van der Waals surface area contributed by atoms with Crippen LogP contribution in [0.4, 0.5) is 4.79 Å². The van der Waals surface area contributed by atoms with E-state index in [9.17, 15) is 4.79 Å². The minimum atomic E-state index is -0.534. The van der Waals surface area contributed by atoms with Crippen molar-refractivity contribution in [2.45, 2.75) is 58.1 Å². The fraction of sp³-hybridized carbons (Fsp3) is 0.680. The number of likely N-dealkylation sites (tertiary alicyclic amines) is 2. The molecule has 0 aliphatic carbocycles. The van der Waals surface area contributed by atoms with E-state index in [0.717, 1.165) is 24.6 Å². The Morgan fingerprint density at radius 3 is 2.53 bits per heavy atom. The van der Waals surface area contributed by atoms with Gasteiger partial charge in [-0.3, -0.25) is 4.99 Å². The van der Waals surface area contributed by atoms with Crippen molar-refractivity contribution in [3.05, 3.63) is 35.9 Å². The van der Waals surface area contributed by atoms with E-state index in [1.54, 1.807) is 0 Å². The molecule has 2 aliphatic rings. The second-order valence-electron chi connectivity index (χ2n) is 10.00. The molecule has 32 heavy (non-hydrogen) atoms. The summed E-state index contributed by atoms with van der Waals surface area (Å²) in [5.41, 5.74) is 0.499. The van der Waals surface area contributed by atoms with Gasteiger partial charge in [-0.25, -0.2) is 4.79 Å². The van der Waals surface area contributed by atoms with Crippen LogP contribution in [0, 0.1) is 5.92 Å². The van der Waals surface area contributed by atoms with Crippen LogP contribution in [0.2, 0.25) is 0 Å². The normalized spacial score (nSPS) is 21.3. The monoisotopic (exact) mass is 443 g/mol. The summed E-state index contributed by atoms with van der Waals surface area (Å²) in [5, 5.41) is 6.51. The first-order valence-corrected chi connectivity index (χ1v) is 12.1. The SMILES string of the molecule is CN=C(NCC(NC(=O)OC(C)(C)C)c1ccccc1)N1CCC(CN2CCCCC2)C1. The van der Waals surface area contributed by atoms with Crippen molar-refractivity contribution < 1.29 is 9.53 Å². The molecule has 2 atom stereocenters. The van der Waals surface area contributed by atoms with Crippen molar-refractivity contribution in [1.82, 2.24) is 20.4 Å². The lowest BCUT2D eigenvalue weighted by Gasteiger charge is -2.29. The molecule has 7 nitrogen and oxygen atoms in total. The second kappa shape index (κ2) is 11.5. The predicted octanol–water partition coefficient (Wildman–Crippen LogP) is 3.64. The van der Waals surface area contributed by atoms with E-state index in [4.69, 9.17) is 4.74 Å². The van der Waals surface area contributed by atoms with E-state index in [2.05, 4.69) is 25.4 Å². The van der Waals surface area contributed by atoms with Crippen molar-refractivity contribution in [3.63, 3.8) is 0 Å². The first kappa shape index (κ1) is 24.4. The Bertz CT molecular complexity index is 740. The summed E-state index contributed by atoms with van der Waals surface area (Å²) in [7, 11) is 1.83. The molecule has 3 rings (SSSR count). The third kappa shape index (κ3) is 7.69. The number of hydrogen-bond acceptors (Lipinski definition) is 4. The van der Waals surface area contributed by atoms with Crippen molar-refractivity contribution in [2.75, 3.05) is 46.3 Å². The number of ether oxygens (including phenoxy) is 1. The Labute approximate surface area is 193 Å². The number of alkyl carbamates (subject to hydrolysis) is 1. The lowest BCUT2D eigenvalue weighted by atomic mass is 10.1. The summed E-state index contributed by atoms with van der Waals surface area (Å²) < 4.78 is 5.49. The number of carbonyl (C=O) groups excluding carboxylic acids is 1. The first-order chi connectivity index (χ1) is 15.3. The van der Waals surface area contributed by atoms with E-state index in [0.29, 0.717) is 12.5 Å². The predicted molar refractivity (Wildman–Crippen MR) is 130 cm³/mol. The van der Waals surface area contributed by atoms with Gasteiger partial charge >= 0.3 is 6.09 Å². The summed E-state index contributed by atoms with van der Waals surface area (Å²) in [5.74, 6) is 1.59. The average molecular weight is 444 g/mol. The summed E-state index contributed by atoms with van der Waals surface area (Å²) in [6.07, 6.45) is 4.85. The van der Waals surface area contributed by atoms with Crippen LogP contribution in [-0.4, -0.2) is 73.8 Å². The van der Waals surface area contributed by atoms with E-state index in [1.807, 2.05) is 58.2 Å². The Balaban J connectivity index is 1.55. The second-order valence-corrected chi connectivity index (χ2v) is 10.00. The smallest absolute Gasteiger partial charge is 0.408 e. The van der Waals surface area contributed by atoms with Crippen molar-refractivity contribution in [2.24, 2.45) is 10.9 Å². The molecule has 2 saturated heterocycles. The topological polar surface area (TPSA) is 69.2 Å². The molecular formula is C25H41N5O2. The Morgan fingerprint density at radius 1 is 1.16 bits per heavy atom. The number of guanidine groups is 1. The molecule has 2 unspecified atom stereocenters. The number of benzene rings is 1. The number of hydrogen-bond donors (Lipinski definition) is 2. The highest BCUT2D eigenvalue weighted by Gasteiger charge is 2.28.